The minimum Gasteiger partial charge on any atom is -0.347 e. The van der Waals surface area contributed by atoms with Crippen molar-refractivity contribution in [2.45, 2.75) is 18.4 Å². The highest BCUT2D eigenvalue weighted by molar-refractivity contribution is 6.35. The van der Waals surface area contributed by atoms with E-state index in [4.69, 9.17) is 23.2 Å². The summed E-state index contributed by atoms with van der Waals surface area (Å²) in [6, 6.07) is 7.29. The van der Waals surface area contributed by atoms with Crippen molar-refractivity contribution in [2.24, 2.45) is 7.05 Å². The molecule has 0 spiro atoms. The van der Waals surface area contributed by atoms with Crippen LogP contribution in [0.4, 0.5) is 0 Å². The van der Waals surface area contributed by atoms with Crippen LogP contribution in [-0.2, 0) is 7.05 Å². The van der Waals surface area contributed by atoms with Crippen molar-refractivity contribution in [2.75, 3.05) is 0 Å². The number of benzene rings is 1. The van der Waals surface area contributed by atoms with Crippen LogP contribution in [0.3, 0.4) is 0 Å². The quantitative estimate of drug-likeness (QED) is 0.947. The number of aromatic nitrogens is 2. The van der Waals surface area contributed by atoms with Crippen molar-refractivity contribution < 1.29 is 4.79 Å². The van der Waals surface area contributed by atoms with Crippen LogP contribution in [0, 0.1) is 0 Å². The molecule has 0 bridgehead atoms. The first-order chi connectivity index (χ1) is 9.56. The fourth-order valence-electron chi connectivity index (χ4n) is 2.34. The summed E-state index contributed by atoms with van der Waals surface area (Å²) in [7, 11) is 1.75. The second kappa shape index (κ2) is 5.11. The molecule has 2 atom stereocenters. The lowest BCUT2D eigenvalue weighted by molar-refractivity contribution is 0.0941. The number of amides is 1. The fraction of sp³-hybridized carbons (Fsp3) is 0.286. The largest absolute Gasteiger partial charge is 0.347 e. The van der Waals surface area contributed by atoms with Crippen LogP contribution in [0.2, 0.25) is 10.0 Å². The van der Waals surface area contributed by atoms with Crippen molar-refractivity contribution in [3.05, 3.63) is 51.8 Å². The zero-order valence-electron chi connectivity index (χ0n) is 10.8. The molecule has 2 aromatic rings. The summed E-state index contributed by atoms with van der Waals surface area (Å²) in [6.45, 7) is 0. The highest BCUT2D eigenvalue weighted by Crippen LogP contribution is 2.44. The molecule has 1 heterocycles. The van der Waals surface area contributed by atoms with E-state index in [0.29, 0.717) is 15.7 Å². The van der Waals surface area contributed by atoms with Gasteiger partial charge in [-0.05, 0) is 30.2 Å². The van der Waals surface area contributed by atoms with E-state index in [2.05, 4.69) is 10.4 Å². The molecule has 0 radical (unpaired) electrons. The molecule has 0 aliphatic heterocycles. The maximum atomic E-state index is 12.1. The molecule has 1 aliphatic carbocycles. The van der Waals surface area contributed by atoms with Gasteiger partial charge < -0.3 is 5.32 Å². The van der Waals surface area contributed by atoms with Gasteiger partial charge in [-0.3, -0.25) is 9.48 Å². The molecule has 4 nitrogen and oxygen atoms in total. The third-order valence-corrected chi connectivity index (χ3v) is 4.08. The molecule has 0 saturated heterocycles. The van der Waals surface area contributed by atoms with Crippen LogP contribution < -0.4 is 5.32 Å². The van der Waals surface area contributed by atoms with Gasteiger partial charge in [0.1, 0.15) is 5.69 Å². The van der Waals surface area contributed by atoms with Crippen molar-refractivity contribution in [1.82, 2.24) is 15.1 Å². The maximum absolute atomic E-state index is 12.1. The van der Waals surface area contributed by atoms with Gasteiger partial charge in [0.05, 0.1) is 0 Å². The molecule has 1 aromatic heterocycles. The van der Waals surface area contributed by atoms with E-state index in [1.807, 2.05) is 12.1 Å². The number of nitrogens with one attached hydrogen (secondary N) is 1. The van der Waals surface area contributed by atoms with Crippen molar-refractivity contribution in [3.8, 4) is 0 Å². The Kier molecular flexibility index (Phi) is 3.44. The van der Waals surface area contributed by atoms with Crippen molar-refractivity contribution in [3.63, 3.8) is 0 Å². The Morgan fingerprint density at radius 2 is 2.20 bits per heavy atom. The van der Waals surface area contributed by atoms with Gasteiger partial charge >= 0.3 is 0 Å². The van der Waals surface area contributed by atoms with Crippen molar-refractivity contribution >= 4 is 29.1 Å². The van der Waals surface area contributed by atoms with Gasteiger partial charge in [-0.15, -0.1) is 0 Å². The van der Waals surface area contributed by atoms with E-state index in [0.717, 1.165) is 12.0 Å². The van der Waals surface area contributed by atoms with E-state index in [9.17, 15) is 4.79 Å². The van der Waals surface area contributed by atoms with Crippen molar-refractivity contribution in [1.29, 1.82) is 0 Å². The van der Waals surface area contributed by atoms with E-state index in [1.54, 1.807) is 30.1 Å². The van der Waals surface area contributed by atoms with Crippen LogP contribution in [-0.4, -0.2) is 21.7 Å². The molecule has 1 N–H and O–H groups in total. The second-order valence-electron chi connectivity index (χ2n) is 4.93. The average Bonchev–Trinajstić information content (AvgIpc) is 2.98. The lowest BCUT2D eigenvalue weighted by atomic mass is 10.1. The minimum absolute atomic E-state index is 0.109. The Morgan fingerprint density at radius 1 is 1.40 bits per heavy atom. The number of carbonyl (C=O) groups is 1. The van der Waals surface area contributed by atoms with Gasteiger partial charge in [-0.25, -0.2) is 0 Å². The number of halogens is 2. The Balaban J connectivity index is 1.68. The standard InChI is InChI=1S/C14H13Cl2N3O/c1-19-13(4-5-17-19)14(20)18-12-7-10(12)9-3-2-8(15)6-11(9)16/h2-6,10,12H,7H2,1H3,(H,18,20)/t10-,12+/m0/s1. The molecule has 0 unspecified atom stereocenters. The summed E-state index contributed by atoms with van der Waals surface area (Å²) in [5, 5.41) is 8.26. The molecule has 1 amide bonds. The highest BCUT2D eigenvalue weighted by Gasteiger charge is 2.41. The third-order valence-electron chi connectivity index (χ3n) is 3.52. The van der Waals surface area contributed by atoms with Crippen LogP contribution in [0.5, 0.6) is 0 Å². The van der Waals surface area contributed by atoms with E-state index >= 15 is 0 Å². The fourth-order valence-corrected chi connectivity index (χ4v) is 2.89. The lowest BCUT2D eigenvalue weighted by Gasteiger charge is -2.06. The van der Waals surface area contributed by atoms with E-state index < -0.39 is 0 Å². The summed E-state index contributed by atoms with van der Waals surface area (Å²) >= 11 is 12.1. The van der Waals surface area contributed by atoms with E-state index in [-0.39, 0.29) is 17.9 Å². The summed E-state index contributed by atoms with van der Waals surface area (Å²) in [5.41, 5.74) is 1.59. The molecule has 20 heavy (non-hydrogen) atoms. The molecule has 104 valence electrons. The summed E-state index contributed by atoms with van der Waals surface area (Å²) in [5.74, 6) is 0.152. The Morgan fingerprint density at radius 3 is 2.85 bits per heavy atom. The van der Waals surface area contributed by atoms with Crippen LogP contribution in [0.1, 0.15) is 28.4 Å². The van der Waals surface area contributed by atoms with Gasteiger partial charge in [-0.2, -0.15) is 5.10 Å². The van der Waals surface area contributed by atoms with Gasteiger partial charge in [0, 0.05) is 35.2 Å². The Labute approximate surface area is 126 Å². The summed E-state index contributed by atoms with van der Waals surface area (Å²) in [4.78, 5) is 12.1. The Hall–Kier alpha value is -1.52. The topological polar surface area (TPSA) is 46.9 Å². The molecule has 1 fully saturated rings. The second-order valence-corrected chi connectivity index (χ2v) is 5.77. The van der Waals surface area contributed by atoms with Crippen LogP contribution >= 0.6 is 23.2 Å². The number of carbonyl (C=O) groups excluding carboxylic acids is 1. The monoisotopic (exact) mass is 309 g/mol. The smallest absolute Gasteiger partial charge is 0.269 e. The van der Waals surface area contributed by atoms with E-state index in [1.165, 1.54) is 0 Å². The molecule has 6 heteroatoms. The number of hydrogen-bond donors (Lipinski definition) is 1. The van der Waals surface area contributed by atoms with Gasteiger partial charge in [-0.1, -0.05) is 29.3 Å². The zero-order valence-corrected chi connectivity index (χ0v) is 12.3. The first-order valence-electron chi connectivity index (χ1n) is 6.30. The van der Waals surface area contributed by atoms with Gasteiger partial charge in [0.2, 0.25) is 0 Å². The summed E-state index contributed by atoms with van der Waals surface area (Å²) in [6.07, 6.45) is 2.50. The third kappa shape index (κ3) is 2.53. The number of rotatable bonds is 3. The maximum Gasteiger partial charge on any atom is 0.269 e. The molecular weight excluding hydrogens is 297 g/mol. The highest BCUT2D eigenvalue weighted by atomic mass is 35.5. The van der Waals surface area contributed by atoms with Crippen LogP contribution in [0.15, 0.2) is 30.5 Å². The Bertz CT molecular complexity index is 668. The van der Waals surface area contributed by atoms with Gasteiger partial charge in [0.25, 0.3) is 5.91 Å². The first-order valence-corrected chi connectivity index (χ1v) is 7.05. The number of nitrogens with zero attached hydrogens (tertiary/aromatic N) is 2. The number of aryl methyl sites for hydroxylation is 1. The SMILES string of the molecule is Cn1nccc1C(=O)N[C@@H]1C[C@H]1c1ccc(Cl)cc1Cl. The first kappa shape index (κ1) is 13.5. The predicted octanol–water partition coefficient (Wildman–Crippen LogP) is 3.01. The lowest BCUT2D eigenvalue weighted by Crippen LogP contribution is -2.28. The zero-order chi connectivity index (χ0) is 14.3. The molecule has 1 aromatic carbocycles. The normalized spacial score (nSPS) is 20.8. The molecule has 1 saturated carbocycles. The average molecular weight is 310 g/mol. The molecule has 3 rings (SSSR count). The van der Waals surface area contributed by atoms with Gasteiger partial charge in [0.15, 0.2) is 0 Å². The molecule has 1 aliphatic rings. The van der Waals surface area contributed by atoms with Crippen LogP contribution in [0.25, 0.3) is 0 Å². The minimum atomic E-state index is -0.109. The summed E-state index contributed by atoms with van der Waals surface area (Å²) < 4.78 is 1.56. The molecular formula is C14H13Cl2N3O. The predicted molar refractivity (Wildman–Crippen MR) is 78.3 cm³/mol. The number of hydrogen-bond acceptors (Lipinski definition) is 2.